The maximum absolute atomic E-state index is 12.2. The molecular formula is C19H23ClN2OS. The van der Waals surface area contributed by atoms with Crippen LogP contribution in [0.2, 0.25) is 0 Å². The Morgan fingerprint density at radius 2 is 1.88 bits per heavy atom. The highest BCUT2D eigenvalue weighted by atomic mass is 35.5. The Balaban J connectivity index is 0.00000208. The van der Waals surface area contributed by atoms with Gasteiger partial charge >= 0.3 is 0 Å². The molecule has 0 radical (unpaired) electrons. The van der Waals surface area contributed by atoms with Crippen LogP contribution in [0.1, 0.15) is 25.7 Å². The van der Waals surface area contributed by atoms with Crippen molar-refractivity contribution in [3.8, 4) is 0 Å². The third-order valence-electron chi connectivity index (χ3n) is 4.01. The van der Waals surface area contributed by atoms with E-state index in [1.54, 1.807) is 11.8 Å². The fourth-order valence-corrected chi connectivity index (χ4v) is 3.72. The number of carbonyl (C=O) groups is 1. The van der Waals surface area contributed by atoms with Crippen molar-refractivity contribution in [1.29, 1.82) is 0 Å². The van der Waals surface area contributed by atoms with Crippen molar-refractivity contribution in [3.05, 3.63) is 54.6 Å². The Labute approximate surface area is 154 Å². The van der Waals surface area contributed by atoms with E-state index in [9.17, 15) is 4.79 Å². The van der Waals surface area contributed by atoms with Gasteiger partial charge in [-0.15, -0.1) is 12.4 Å². The van der Waals surface area contributed by atoms with Gasteiger partial charge < -0.3 is 10.6 Å². The van der Waals surface area contributed by atoms with Crippen molar-refractivity contribution < 1.29 is 4.79 Å². The smallest absolute Gasteiger partial charge is 0.224 e. The first kappa shape index (κ1) is 18.8. The molecule has 1 amide bonds. The lowest BCUT2D eigenvalue weighted by atomic mass is 10.1. The zero-order chi connectivity index (χ0) is 15.9. The normalized spacial score (nSPS) is 16.4. The largest absolute Gasteiger partial charge is 0.325 e. The van der Waals surface area contributed by atoms with Crippen LogP contribution in [0.5, 0.6) is 0 Å². The van der Waals surface area contributed by atoms with E-state index in [0.717, 1.165) is 23.5 Å². The molecule has 1 unspecified atom stereocenters. The predicted octanol–water partition coefficient (Wildman–Crippen LogP) is 4.73. The van der Waals surface area contributed by atoms with E-state index in [-0.39, 0.29) is 18.3 Å². The SMILES string of the molecule is Cl.O=C(CCC1CCCN1)Nc1ccccc1Sc1ccccc1. The van der Waals surface area contributed by atoms with Crippen molar-refractivity contribution in [3.63, 3.8) is 0 Å². The van der Waals surface area contributed by atoms with Gasteiger partial charge in [0.25, 0.3) is 0 Å². The number of amides is 1. The van der Waals surface area contributed by atoms with Crippen molar-refractivity contribution in [2.75, 3.05) is 11.9 Å². The molecule has 1 fully saturated rings. The molecule has 2 aromatic rings. The second-order valence-electron chi connectivity index (χ2n) is 5.79. The van der Waals surface area contributed by atoms with Crippen molar-refractivity contribution in [2.24, 2.45) is 0 Å². The summed E-state index contributed by atoms with van der Waals surface area (Å²) in [6.07, 6.45) is 3.90. The van der Waals surface area contributed by atoms with E-state index >= 15 is 0 Å². The molecule has 1 atom stereocenters. The molecule has 2 N–H and O–H groups in total. The average Bonchev–Trinajstić information content (AvgIpc) is 3.09. The van der Waals surface area contributed by atoms with E-state index in [2.05, 4.69) is 22.8 Å². The van der Waals surface area contributed by atoms with Crippen LogP contribution >= 0.6 is 24.2 Å². The predicted molar refractivity (Wildman–Crippen MR) is 103 cm³/mol. The summed E-state index contributed by atoms with van der Waals surface area (Å²) < 4.78 is 0. The summed E-state index contributed by atoms with van der Waals surface area (Å²) in [7, 11) is 0. The molecule has 3 nitrogen and oxygen atoms in total. The number of rotatable bonds is 6. The minimum Gasteiger partial charge on any atom is -0.325 e. The van der Waals surface area contributed by atoms with Gasteiger partial charge in [0, 0.05) is 22.3 Å². The molecule has 128 valence electrons. The minimum absolute atomic E-state index is 0. The van der Waals surface area contributed by atoms with Crippen LogP contribution in [0.15, 0.2) is 64.4 Å². The number of carbonyl (C=O) groups excluding carboxylic acids is 1. The Hall–Kier alpha value is -1.49. The maximum atomic E-state index is 12.2. The van der Waals surface area contributed by atoms with Crippen LogP contribution in [0.3, 0.4) is 0 Å². The fraction of sp³-hybridized carbons (Fsp3) is 0.316. The Morgan fingerprint density at radius 3 is 2.62 bits per heavy atom. The quantitative estimate of drug-likeness (QED) is 0.780. The molecular weight excluding hydrogens is 340 g/mol. The summed E-state index contributed by atoms with van der Waals surface area (Å²) in [4.78, 5) is 14.5. The molecule has 0 aliphatic carbocycles. The number of anilines is 1. The highest BCUT2D eigenvalue weighted by Crippen LogP contribution is 2.33. The topological polar surface area (TPSA) is 41.1 Å². The molecule has 1 aliphatic rings. The minimum atomic E-state index is 0. The van der Waals surface area contributed by atoms with E-state index in [4.69, 9.17) is 0 Å². The number of halogens is 1. The number of nitrogens with one attached hydrogen (secondary N) is 2. The number of hydrogen-bond donors (Lipinski definition) is 2. The van der Waals surface area contributed by atoms with Crippen LogP contribution in [0.25, 0.3) is 0 Å². The van der Waals surface area contributed by atoms with E-state index in [1.165, 1.54) is 17.7 Å². The molecule has 3 rings (SSSR count). The van der Waals surface area contributed by atoms with E-state index in [1.807, 2.05) is 42.5 Å². The second-order valence-corrected chi connectivity index (χ2v) is 6.91. The van der Waals surface area contributed by atoms with Gasteiger partial charge in [0.15, 0.2) is 0 Å². The molecule has 1 saturated heterocycles. The lowest BCUT2D eigenvalue weighted by Crippen LogP contribution is -2.23. The molecule has 1 aliphatic heterocycles. The number of hydrogen-bond acceptors (Lipinski definition) is 3. The number of para-hydroxylation sites is 1. The third kappa shape index (κ3) is 5.55. The molecule has 1 heterocycles. The monoisotopic (exact) mass is 362 g/mol. The summed E-state index contributed by atoms with van der Waals surface area (Å²) in [6, 6.07) is 18.7. The Morgan fingerprint density at radius 1 is 1.12 bits per heavy atom. The molecule has 2 aromatic carbocycles. The summed E-state index contributed by atoms with van der Waals surface area (Å²) in [6.45, 7) is 1.09. The van der Waals surface area contributed by atoms with Crippen molar-refractivity contribution >= 4 is 35.8 Å². The van der Waals surface area contributed by atoms with Gasteiger partial charge in [-0.3, -0.25) is 4.79 Å². The van der Waals surface area contributed by atoms with Gasteiger partial charge in [-0.1, -0.05) is 42.1 Å². The van der Waals surface area contributed by atoms with Gasteiger partial charge in [0.1, 0.15) is 0 Å². The van der Waals surface area contributed by atoms with Crippen molar-refractivity contribution in [2.45, 2.75) is 41.5 Å². The lowest BCUT2D eigenvalue weighted by Gasteiger charge is -2.12. The first-order chi connectivity index (χ1) is 11.3. The molecule has 0 bridgehead atoms. The first-order valence-corrected chi connectivity index (χ1v) is 8.98. The molecule has 0 aromatic heterocycles. The zero-order valence-corrected chi connectivity index (χ0v) is 15.2. The summed E-state index contributed by atoms with van der Waals surface area (Å²) >= 11 is 1.67. The lowest BCUT2D eigenvalue weighted by molar-refractivity contribution is -0.116. The van der Waals surface area contributed by atoms with Crippen LogP contribution in [0, 0.1) is 0 Å². The van der Waals surface area contributed by atoms with Crippen LogP contribution < -0.4 is 10.6 Å². The summed E-state index contributed by atoms with van der Waals surface area (Å²) in [5, 5.41) is 6.50. The van der Waals surface area contributed by atoms with Gasteiger partial charge in [-0.25, -0.2) is 0 Å². The highest BCUT2D eigenvalue weighted by molar-refractivity contribution is 7.99. The summed E-state index contributed by atoms with van der Waals surface area (Å²) in [5.74, 6) is 0.0970. The van der Waals surface area contributed by atoms with Gasteiger partial charge in [0.2, 0.25) is 5.91 Å². The Bertz CT molecular complexity index is 645. The van der Waals surface area contributed by atoms with Crippen LogP contribution in [-0.2, 0) is 4.79 Å². The summed E-state index contributed by atoms with van der Waals surface area (Å²) in [5.41, 5.74) is 0.894. The number of benzene rings is 2. The van der Waals surface area contributed by atoms with Crippen LogP contribution in [-0.4, -0.2) is 18.5 Å². The highest BCUT2D eigenvalue weighted by Gasteiger charge is 2.15. The average molecular weight is 363 g/mol. The Kier molecular flexibility index (Phi) is 7.63. The van der Waals surface area contributed by atoms with Crippen LogP contribution in [0.4, 0.5) is 5.69 Å². The van der Waals surface area contributed by atoms with Gasteiger partial charge in [0.05, 0.1) is 5.69 Å². The third-order valence-corrected chi connectivity index (χ3v) is 5.10. The standard InChI is InChI=1S/C19H22N2OS.ClH/c22-19(13-12-15-7-6-14-20-15)21-17-10-4-5-11-18(17)23-16-8-2-1-3-9-16;/h1-5,8-11,15,20H,6-7,12-14H2,(H,21,22);1H. The zero-order valence-electron chi connectivity index (χ0n) is 13.5. The molecule has 0 spiro atoms. The van der Waals surface area contributed by atoms with Gasteiger partial charge in [-0.05, 0) is 50.1 Å². The molecule has 5 heteroatoms. The maximum Gasteiger partial charge on any atom is 0.224 e. The second kappa shape index (κ2) is 9.72. The van der Waals surface area contributed by atoms with Crippen molar-refractivity contribution in [1.82, 2.24) is 5.32 Å². The van der Waals surface area contributed by atoms with Gasteiger partial charge in [-0.2, -0.15) is 0 Å². The first-order valence-electron chi connectivity index (χ1n) is 8.16. The fourth-order valence-electron chi connectivity index (χ4n) is 2.80. The van der Waals surface area contributed by atoms with E-state index < -0.39 is 0 Å². The van der Waals surface area contributed by atoms with E-state index in [0.29, 0.717) is 12.5 Å². The molecule has 0 saturated carbocycles. The molecule has 24 heavy (non-hydrogen) atoms.